The van der Waals surface area contributed by atoms with Gasteiger partial charge in [-0.2, -0.15) is 0 Å². The summed E-state index contributed by atoms with van der Waals surface area (Å²) in [6.07, 6.45) is -0.291. The molecule has 0 saturated carbocycles. The molecule has 1 unspecified atom stereocenters. The van der Waals surface area contributed by atoms with Crippen molar-refractivity contribution in [2.75, 3.05) is 6.54 Å². The fourth-order valence-corrected chi connectivity index (χ4v) is 0.903. The molecule has 1 fully saturated rings. The average molecular weight is 131 g/mol. The second-order valence-corrected chi connectivity index (χ2v) is 2.19. The van der Waals surface area contributed by atoms with Gasteiger partial charge in [-0.15, -0.1) is 0 Å². The van der Waals surface area contributed by atoms with Crippen LogP contribution in [0.15, 0.2) is 0 Å². The van der Waals surface area contributed by atoms with Crippen molar-refractivity contribution in [3.63, 3.8) is 0 Å². The number of aliphatic hydroxyl groups excluding tert-OH is 1. The highest BCUT2D eigenvalue weighted by Gasteiger charge is 2.27. The van der Waals surface area contributed by atoms with E-state index in [4.69, 9.17) is 10.2 Å². The monoisotopic (exact) mass is 131 g/mol. The summed E-state index contributed by atoms with van der Waals surface area (Å²) in [5.74, 6) is -1.24. The van der Waals surface area contributed by atoms with E-state index in [1.807, 2.05) is 0 Å². The van der Waals surface area contributed by atoms with Crippen LogP contribution in [0.4, 0.5) is 0 Å². The SMILES string of the molecule is O=C(O)[C@@H]1CNC(O)C1. The Hall–Kier alpha value is -0.610. The molecule has 2 atom stereocenters. The number of hydrogen-bond donors (Lipinski definition) is 3. The Labute approximate surface area is 52.5 Å². The van der Waals surface area contributed by atoms with Gasteiger partial charge in [0.25, 0.3) is 0 Å². The number of hydrogen-bond acceptors (Lipinski definition) is 3. The molecule has 1 saturated heterocycles. The molecule has 1 aliphatic rings. The summed E-state index contributed by atoms with van der Waals surface area (Å²) in [6, 6.07) is 0. The predicted molar refractivity (Wildman–Crippen MR) is 29.8 cm³/mol. The van der Waals surface area contributed by atoms with E-state index in [-0.39, 0.29) is 0 Å². The number of aliphatic carboxylic acids is 1. The molecule has 0 radical (unpaired) electrons. The van der Waals surface area contributed by atoms with E-state index in [1.165, 1.54) is 0 Å². The van der Waals surface area contributed by atoms with Crippen molar-refractivity contribution in [3.05, 3.63) is 0 Å². The lowest BCUT2D eigenvalue weighted by Gasteiger charge is -1.97. The van der Waals surface area contributed by atoms with Crippen molar-refractivity contribution in [1.82, 2.24) is 5.32 Å². The zero-order valence-corrected chi connectivity index (χ0v) is 4.87. The van der Waals surface area contributed by atoms with Crippen LogP contribution in [0.25, 0.3) is 0 Å². The quantitative estimate of drug-likeness (QED) is 0.427. The molecule has 0 aromatic carbocycles. The van der Waals surface area contributed by atoms with Crippen molar-refractivity contribution < 1.29 is 15.0 Å². The summed E-state index contributed by atoms with van der Waals surface area (Å²) in [6.45, 7) is 0.385. The molecule has 52 valence electrons. The highest BCUT2D eigenvalue weighted by atomic mass is 16.4. The van der Waals surface area contributed by atoms with Gasteiger partial charge in [0, 0.05) is 13.0 Å². The number of carbonyl (C=O) groups is 1. The summed E-state index contributed by atoms with van der Waals surface area (Å²) in [4.78, 5) is 10.2. The number of nitrogens with one attached hydrogen (secondary N) is 1. The van der Waals surface area contributed by atoms with Gasteiger partial charge in [-0.25, -0.2) is 0 Å². The lowest BCUT2D eigenvalue weighted by atomic mass is 10.1. The highest BCUT2D eigenvalue weighted by molar-refractivity contribution is 5.70. The second-order valence-electron chi connectivity index (χ2n) is 2.19. The molecule has 1 aliphatic heterocycles. The molecule has 0 aliphatic carbocycles. The van der Waals surface area contributed by atoms with Crippen LogP contribution in [0.3, 0.4) is 0 Å². The molecule has 0 aromatic rings. The van der Waals surface area contributed by atoms with Crippen molar-refractivity contribution >= 4 is 5.97 Å². The molecule has 4 nitrogen and oxygen atoms in total. The zero-order chi connectivity index (χ0) is 6.85. The predicted octanol–water partition coefficient (Wildman–Crippen LogP) is -1.00. The first-order valence-corrected chi connectivity index (χ1v) is 2.84. The third-order valence-electron chi connectivity index (χ3n) is 1.46. The highest BCUT2D eigenvalue weighted by Crippen LogP contribution is 2.11. The van der Waals surface area contributed by atoms with Crippen molar-refractivity contribution in [2.45, 2.75) is 12.6 Å². The van der Waals surface area contributed by atoms with E-state index in [1.54, 1.807) is 0 Å². The van der Waals surface area contributed by atoms with Crippen LogP contribution in [0, 0.1) is 5.92 Å². The summed E-state index contributed by atoms with van der Waals surface area (Å²) in [7, 11) is 0. The number of aliphatic hydroxyl groups is 1. The van der Waals surface area contributed by atoms with Gasteiger partial charge in [-0.3, -0.25) is 10.1 Å². The van der Waals surface area contributed by atoms with E-state index >= 15 is 0 Å². The molecule has 9 heavy (non-hydrogen) atoms. The third kappa shape index (κ3) is 1.40. The van der Waals surface area contributed by atoms with E-state index in [0.717, 1.165) is 0 Å². The van der Waals surface area contributed by atoms with Crippen LogP contribution in [-0.4, -0.2) is 29.0 Å². The fourth-order valence-electron chi connectivity index (χ4n) is 0.903. The topological polar surface area (TPSA) is 69.6 Å². The Morgan fingerprint density at radius 2 is 2.33 bits per heavy atom. The molecular weight excluding hydrogens is 122 g/mol. The molecule has 0 bridgehead atoms. The summed E-state index contributed by atoms with van der Waals surface area (Å²) in [5, 5.41) is 19.8. The van der Waals surface area contributed by atoms with E-state index < -0.39 is 18.1 Å². The van der Waals surface area contributed by atoms with Gasteiger partial charge in [-0.05, 0) is 0 Å². The van der Waals surface area contributed by atoms with Crippen LogP contribution >= 0.6 is 0 Å². The second kappa shape index (κ2) is 2.33. The molecule has 0 amide bonds. The normalized spacial score (nSPS) is 34.8. The Bertz CT molecular complexity index is 125. The van der Waals surface area contributed by atoms with Crippen LogP contribution in [0.1, 0.15) is 6.42 Å². The molecule has 1 heterocycles. The standard InChI is InChI=1S/C5H9NO3/c7-4-1-3(2-6-4)5(8)9/h3-4,6-7H,1-2H2,(H,8,9)/t3-,4?/m0/s1. The van der Waals surface area contributed by atoms with Gasteiger partial charge in [0.05, 0.1) is 5.92 Å². The van der Waals surface area contributed by atoms with Gasteiger partial charge < -0.3 is 10.2 Å². The Kier molecular flexibility index (Phi) is 1.68. The molecular formula is C5H9NO3. The number of carboxylic acid groups (broad SMARTS) is 1. The molecule has 0 aromatic heterocycles. The number of carboxylic acids is 1. The maximum absolute atomic E-state index is 10.2. The lowest BCUT2D eigenvalue weighted by molar-refractivity contribution is -0.141. The van der Waals surface area contributed by atoms with Crippen LogP contribution in [0.2, 0.25) is 0 Å². The van der Waals surface area contributed by atoms with Crippen LogP contribution in [0.5, 0.6) is 0 Å². The molecule has 3 N–H and O–H groups in total. The third-order valence-corrected chi connectivity index (χ3v) is 1.46. The Balaban J connectivity index is 2.39. The van der Waals surface area contributed by atoms with Gasteiger partial charge in [0.1, 0.15) is 6.23 Å². The van der Waals surface area contributed by atoms with E-state index in [9.17, 15) is 4.79 Å². The van der Waals surface area contributed by atoms with Gasteiger partial charge in [0.15, 0.2) is 0 Å². The van der Waals surface area contributed by atoms with Crippen molar-refractivity contribution in [1.29, 1.82) is 0 Å². The average Bonchev–Trinajstić information content (AvgIpc) is 2.14. The van der Waals surface area contributed by atoms with E-state index in [2.05, 4.69) is 5.32 Å². The van der Waals surface area contributed by atoms with Crippen LogP contribution < -0.4 is 5.32 Å². The molecule has 4 heteroatoms. The summed E-state index contributed by atoms with van der Waals surface area (Å²) < 4.78 is 0. The Morgan fingerprint density at radius 1 is 1.67 bits per heavy atom. The minimum Gasteiger partial charge on any atom is -0.481 e. The smallest absolute Gasteiger partial charge is 0.307 e. The summed E-state index contributed by atoms with van der Waals surface area (Å²) >= 11 is 0. The first kappa shape index (κ1) is 6.51. The fraction of sp³-hybridized carbons (Fsp3) is 0.800. The minimum atomic E-state index is -0.834. The number of rotatable bonds is 1. The minimum absolute atomic E-state index is 0.329. The lowest BCUT2D eigenvalue weighted by Crippen LogP contribution is -2.20. The Morgan fingerprint density at radius 3 is 2.56 bits per heavy atom. The van der Waals surface area contributed by atoms with Crippen LogP contribution in [-0.2, 0) is 4.79 Å². The maximum Gasteiger partial charge on any atom is 0.307 e. The molecule has 0 spiro atoms. The van der Waals surface area contributed by atoms with Crippen molar-refractivity contribution in [3.8, 4) is 0 Å². The van der Waals surface area contributed by atoms with Gasteiger partial charge in [-0.1, -0.05) is 0 Å². The maximum atomic E-state index is 10.2. The molecule has 1 rings (SSSR count). The first-order valence-electron chi connectivity index (χ1n) is 2.84. The summed E-state index contributed by atoms with van der Waals surface area (Å²) in [5.41, 5.74) is 0. The first-order chi connectivity index (χ1) is 4.20. The van der Waals surface area contributed by atoms with E-state index in [0.29, 0.717) is 13.0 Å². The van der Waals surface area contributed by atoms with Gasteiger partial charge >= 0.3 is 5.97 Å². The van der Waals surface area contributed by atoms with Gasteiger partial charge in [0.2, 0.25) is 0 Å². The van der Waals surface area contributed by atoms with Crippen molar-refractivity contribution in [2.24, 2.45) is 5.92 Å². The zero-order valence-electron chi connectivity index (χ0n) is 4.87. The largest absolute Gasteiger partial charge is 0.481 e.